The lowest BCUT2D eigenvalue weighted by Gasteiger charge is -2.11. The molecule has 3 rings (SSSR count). The minimum absolute atomic E-state index is 0.520. The Morgan fingerprint density at radius 1 is 1.14 bits per heavy atom. The monoisotopic (exact) mass is 300 g/mol. The molecule has 0 fully saturated rings. The van der Waals surface area contributed by atoms with Gasteiger partial charge in [0.2, 0.25) is 5.82 Å². The predicted molar refractivity (Wildman–Crippen MR) is 82.5 cm³/mol. The zero-order chi connectivity index (χ0) is 14.7. The molecule has 2 heterocycles. The van der Waals surface area contributed by atoms with Crippen molar-refractivity contribution in [3.63, 3.8) is 0 Å². The highest BCUT2D eigenvalue weighted by Gasteiger charge is 2.07. The number of para-hydroxylation sites is 1. The van der Waals surface area contributed by atoms with E-state index in [0.717, 1.165) is 21.8 Å². The number of benzene rings is 1. The number of hydrogen-bond donors (Lipinski definition) is 0. The maximum absolute atomic E-state index is 5.85. The average Bonchev–Trinajstić information content (AvgIpc) is 3.12. The summed E-state index contributed by atoms with van der Waals surface area (Å²) in [5, 5.41) is 14.5. The number of aromatic nitrogens is 4. The molecule has 0 radical (unpaired) electrons. The Bertz CT molecular complexity index is 701. The van der Waals surface area contributed by atoms with Crippen LogP contribution in [0.25, 0.3) is 10.7 Å². The first-order valence-electron chi connectivity index (χ1n) is 6.75. The van der Waals surface area contributed by atoms with Gasteiger partial charge in [0.25, 0.3) is 0 Å². The summed E-state index contributed by atoms with van der Waals surface area (Å²) < 4.78 is 5.85. The summed E-state index contributed by atoms with van der Waals surface area (Å²) in [6, 6.07) is 10.1. The number of nitrogens with zero attached hydrogens (tertiary/aromatic N) is 4. The molecule has 0 spiro atoms. The third kappa shape index (κ3) is 3.11. The molecule has 6 heteroatoms. The van der Waals surface area contributed by atoms with Crippen molar-refractivity contribution in [2.75, 3.05) is 6.61 Å². The highest BCUT2D eigenvalue weighted by atomic mass is 32.1. The molecule has 0 aliphatic heterocycles. The van der Waals surface area contributed by atoms with Crippen molar-refractivity contribution in [2.24, 2.45) is 0 Å². The van der Waals surface area contributed by atoms with Crippen LogP contribution >= 0.6 is 11.3 Å². The van der Waals surface area contributed by atoms with Gasteiger partial charge in [-0.25, -0.2) is 0 Å². The number of aryl methyl sites for hydroxylation is 2. The van der Waals surface area contributed by atoms with Gasteiger partial charge in [-0.3, -0.25) is 0 Å². The van der Waals surface area contributed by atoms with E-state index in [1.54, 1.807) is 16.1 Å². The quantitative estimate of drug-likeness (QED) is 0.726. The van der Waals surface area contributed by atoms with Crippen molar-refractivity contribution < 1.29 is 4.74 Å². The fourth-order valence-corrected chi connectivity index (χ4v) is 2.75. The molecule has 1 aromatic carbocycles. The lowest BCUT2D eigenvalue weighted by atomic mass is 10.1. The molecule has 0 saturated carbocycles. The van der Waals surface area contributed by atoms with E-state index in [1.165, 1.54) is 0 Å². The molecule has 108 valence electrons. The zero-order valence-corrected chi connectivity index (χ0v) is 12.8. The van der Waals surface area contributed by atoms with Crippen LogP contribution in [0.3, 0.4) is 0 Å². The normalized spacial score (nSPS) is 10.8. The van der Waals surface area contributed by atoms with E-state index in [1.807, 2.05) is 49.6 Å². The summed E-state index contributed by atoms with van der Waals surface area (Å²) in [5.41, 5.74) is 2.28. The Labute approximate surface area is 127 Å². The lowest BCUT2D eigenvalue weighted by Crippen LogP contribution is -2.12. The van der Waals surface area contributed by atoms with Gasteiger partial charge in [-0.05, 0) is 41.6 Å². The minimum Gasteiger partial charge on any atom is -0.491 e. The Hall–Kier alpha value is -2.21. The molecular formula is C15H16N4OS. The van der Waals surface area contributed by atoms with Crippen molar-refractivity contribution in [1.29, 1.82) is 0 Å². The largest absolute Gasteiger partial charge is 0.491 e. The Balaban J connectivity index is 1.61. The van der Waals surface area contributed by atoms with Gasteiger partial charge in [-0.1, -0.05) is 24.3 Å². The first-order chi connectivity index (χ1) is 10.2. The van der Waals surface area contributed by atoms with E-state index >= 15 is 0 Å². The summed E-state index contributed by atoms with van der Waals surface area (Å²) in [6.07, 6.45) is 0. The summed E-state index contributed by atoms with van der Waals surface area (Å²) in [7, 11) is 0. The van der Waals surface area contributed by atoms with Crippen LogP contribution in [0.2, 0.25) is 0 Å². The van der Waals surface area contributed by atoms with Gasteiger partial charge in [-0.15, -0.1) is 21.5 Å². The van der Waals surface area contributed by atoms with E-state index < -0.39 is 0 Å². The number of hydrogen-bond acceptors (Lipinski definition) is 5. The smallest absolute Gasteiger partial charge is 0.214 e. The molecule has 0 bridgehead atoms. The van der Waals surface area contributed by atoms with Crippen molar-refractivity contribution in [3.8, 4) is 16.5 Å². The number of thiophene rings is 1. The van der Waals surface area contributed by atoms with Crippen LogP contribution in [0.1, 0.15) is 11.1 Å². The van der Waals surface area contributed by atoms with Gasteiger partial charge in [0.1, 0.15) is 12.4 Å². The molecule has 0 N–H and O–H groups in total. The lowest BCUT2D eigenvalue weighted by molar-refractivity contribution is 0.277. The molecule has 2 aromatic heterocycles. The Morgan fingerprint density at radius 3 is 2.67 bits per heavy atom. The SMILES string of the molecule is Cc1cccc(C)c1OCCn1nnc(-c2cccs2)n1. The molecule has 0 aliphatic rings. The molecule has 0 amide bonds. The van der Waals surface area contributed by atoms with Gasteiger partial charge >= 0.3 is 0 Å². The van der Waals surface area contributed by atoms with Crippen LogP contribution in [-0.4, -0.2) is 26.8 Å². The fourth-order valence-electron chi connectivity index (χ4n) is 2.10. The van der Waals surface area contributed by atoms with E-state index in [9.17, 15) is 0 Å². The topological polar surface area (TPSA) is 52.8 Å². The second-order valence-corrected chi connectivity index (χ2v) is 5.70. The van der Waals surface area contributed by atoms with Crippen LogP contribution < -0.4 is 4.74 Å². The highest BCUT2D eigenvalue weighted by Crippen LogP contribution is 2.22. The Kier molecular flexibility index (Phi) is 3.96. The molecule has 21 heavy (non-hydrogen) atoms. The molecule has 0 unspecified atom stereocenters. The van der Waals surface area contributed by atoms with Gasteiger partial charge < -0.3 is 4.74 Å². The predicted octanol–water partition coefficient (Wildman–Crippen LogP) is 3.10. The first kappa shape index (κ1) is 13.8. The summed E-state index contributed by atoms with van der Waals surface area (Å²) >= 11 is 1.60. The van der Waals surface area contributed by atoms with Crippen LogP contribution in [0.15, 0.2) is 35.7 Å². The number of tetrazole rings is 1. The van der Waals surface area contributed by atoms with E-state index in [-0.39, 0.29) is 0 Å². The van der Waals surface area contributed by atoms with Gasteiger partial charge in [0, 0.05) is 0 Å². The van der Waals surface area contributed by atoms with Gasteiger partial charge in [0.05, 0.1) is 11.4 Å². The standard InChI is InChI=1S/C15H16N4OS/c1-11-5-3-6-12(2)14(11)20-9-8-19-17-15(16-18-19)13-7-4-10-21-13/h3-7,10H,8-9H2,1-2H3. The van der Waals surface area contributed by atoms with Crippen molar-refractivity contribution in [1.82, 2.24) is 20.2 Å². The molecule has 0 atom stereocenters. The fraction of sp³-hybridized carbons (Fsp3) is 0.267. The van der Waals surface area contributed by atoms with Crippen molar-refractivity contribution >= 4 is 11.3 Å². The maximum Gasteiger partial charge on any atom is 0.214 e. The third-order valence-electron chi connectivity index (χ3n) is 3.14. The maximum atomic E-state index is 5.85. The minimum atomic E-state index is 0.520. The van der Waals surface area contributed by atoms with E-state index in [0.29, 0.717) is 19.0 Å². The van der Waals surface area contributed by atoms with Crippen LogP contribution in [0, 0.1) is 13.8 Å². The number of ether oxygens (including phenoxy) is 1. The first-order valence-corrected chi connectivity index (χ1v) is 7.63. The van der Waals surface area contributed by atoms with E-state index in [4.69, 9.17) is 4.74 Å². The molecular weight excluding hydrogens is 284 g/mol. The second kappa shape index (κ2) is 6.05. The summed E-state index contributed by atoms with van der Waals surface area (Å²) in [6.45, 7) is 5.19. The molecule has 0 saturated heterocycles. The number of rotatable bonds is 5. The Morgan fingerprint density at radius 2 is 1.95 bits per heavy atom. The van der Waals surface area contributed by atoms with E-state index in [2.05, 4.69) is 15.4 Å². The highest BCUT2D eigenvalue weighted by molar-refractivity contribution is 7.13. The van der Waals surface area contributed by atoms with Gasteiger partial charge in [-0.2, -0.15) is 4.80 Å². The van der Waals surface area contributed by atoms with Crippen LogP contribution in [0.5, 0.6) is 5.75 Å². The van der Waals surface area contributed by atoms with Crippen molar-refractivity contribution in [2.45, 2.75) is 20.4 Å². The van der Waals surface area contributed by atoms with Gasteiger partial charge in [0.15, 0.2) is 0 Å². The zero-order valence-electron chi connectivity index (χ0n) is 12.0. The molecule has 3 aromatic rings. The van der Waals surface area contributed by atoms with Crippen LogP contribution in [0.4, 0.5) is 0 Å². The van der Waals surface area contributed by atoms with Crippen LogP contribution in [-0.2, 0) is 6.54 Å². The average molecular weight is 300 g/mol. The summed E-state index contributed by atoms with van der Waals surface area (Å²) in [5.74, 6) is 1.60. The second-order valence-electron chi connectivity index (χ2n) is 4.76. The summed E-state index contributed by atoms with van der Waals surface area (Å²) in [4.78, 5) is 2.60. The van der Waals surface area contributed by atoms with Crippen molar-refractivity contribution in [3.05, 3.63) is 46.8 Å². The molecule has 5 nitrogen and oxygen atoms in total. The molecule has 0 aliphatic carbocycles. The third-order valence-corrected chi connectivity index (χ3v) is 4.01.